The molecule has 0 aromatic heterocycles. The molecule has 0 N–H and O–H groups in total. The van der Waals surface area contributed by atoms with Crippen molar-refractivity contribution in [2.75, 3.05) is 0 Å². The molecule has 0 amide bonds. The Balaban J connectivity index is 3.11. The van der Waals surface area contributed by atoms with E-state index >= 15 is 0 Å². The summed E-state index contributed by atoms with van der Waals surface area (Å²) in [6.45, 7) is 3.01. The highest BCUT2D eigenvalue weighted by Crippen LogP contribution is 2.20. The largest absolute Gasteiger partial charge is 0.296 e. The summed E-state index contributed by atoms with van der Waals surface area (Å²) in [5.74, 6) is -7.69. The van der Waals surface area contributed by atoms with Crippen molar-refractivity contribution in [3.63, 3.8) is 0 Å². The lowest BCUT2D eigenvalue weighted by atomic mass is 9.94. The third-order valence-electron chi connectivity index (χ3n) is 2.83. The van der Waals surface area contributed by atoms with Crippen LogP contribution in [-0.2, 0) is 4.79 Å². The zero-order chi connectivity index (χ0) is 14.7. The summed E-state index contributed by atoms with van der Waals surface area (Å²) in [4.78, 5) is 23.0. The van der Waals surface area contributed by atoms with E-state index in [9.17, 15) is 27.2 Å². The molecule has 0 bridgehead atoms. The number of Topliss-reactive ketones (excluding diaryl/α,β-unsaturated/α-hetero) is 2. The Morgan fingerprint density at radius 1 is 1.16 bits per heavy atom. The first-order valence-electron chi connectivity index (χ1n) is 5.66. The van der Waals surface area contributed by atoms with Crippen LogP contribution in [0.15, 0.2) is 12.1 Å². The molecule has 0 saturated heterocycles. The summed E-state index contributed by atoms with van der Waals surface area (Å²) in [5.41, 5.74) is -1.23. The van der Waals surface area contributed by atoms with Crippen molar-refractivity contribution in [3.05, 3.63) is 35.1 Å². The molecule has 0 aliphatic rings. The van der Waals surface area contributed by atoms with E-state index in [4.69, 9.17) is 0 Å². The van der Waals surface area contributed by atoms with Gasteiger partial charge in [0.15, 0.2) is 5.78 Å². The maximum atomic E-state index is 13.6. The first-order valence-corrected chi connectivity index (χ1v) is 5.66. The molecule has 104 valence electrons. The van der Waals surface area contributed by atoms with E-state index in [-0.39, 0.29) is 12.1 Å². The summed E-state index contributed by atoms with van der Waals surface area (Å²) in [7, 11) is 0. The number of carbonyl (C=O) groups is 2. The quantitative estimate of drug-likeness (QED) is 0.470. The van der Waals surface area contributed by atoms with Crippen LogP contribution in [-0.4, -0.2) is 17.7 Å². The van der Waals surface area contributed by atoms with Crippen LogP contribution in [0.4, 0.5) is 17.6 Å². The molecule has 1 aromatic rings. The van der Waals surface area contributed by atoms with Crippen LogP contribution in [0.3, 0.4) is 0 Å². The minimum Gasteiger partial charge on any atom is -0.296 e. The molecule has 19 heavy (non-hydrogen) atoms. The third-order valence-corrected chi connectivity index (χ3v) is 2.83. The molecule has 0 aliphatic heterocycles. The van der Waals surface area contributed by atoms with Gasteiger partial charge < -0.3 is 0 Å². The van der Waals surface area contributed by atoms with Crippen LogP contribution in [0, 0.1) is 23.4 Å². The zero-order valence-corrected chi connectivity index (χ0v) is 10.3. The van der Waals surface area contributed by atoms with E-state index in [1.54, 1.807) is 6.92 Å². The van der Waals surface area contributed by atoms with Gasteiger partial charge in [-0.1, -0.05) is 13.8 Å². The van der Waals surface area contributed by atoms with Crippen LogP contribution < -0.4 is 0 Å². The van der Waals surface area contributed by atoms with Crippen LogP contribution in [0.5, 0.6) is 0 Å². The molecule has 6 heteroatoms. The van der Waals surface area contributed by atoms with E-state index in [0.29, 0.717) is 6.42 Å². The molecule has 1 rings (SSSR count). The first kappa shape index (κ1) is 15.3. The summed E-state index contributed by atoms with van der Waals surface area (Å²) in [6, 6.07) is 0.521. The Morgan fingerprint density at radius 2 is 1.63 bits per heavy atom. The van der Waals surface area contributed by atoms with E-state index in [0.717, 1.165) is 0 Å². The smallest absolute Gasteiger partial charge is 0.221 e. The van der Waals surface area contributed by atoms with E-state index in [1.165, 1.54) is 6.92 Å². The summed E-state index contributed by atoms with van der Waals surface area (Å²) < 4.78 is 52.9. The van der Waals surface area contributed by atoms with Crippen LogP contribution in [0.2, 0.25) is 0 Å². The zero-order valence-electron chi connectivity index (χ0n) is 10.3. The van der Waals surface area contributed by atoms with Gasteiger partial charge in [0.25, 0.3) is 0 Å². The molecule has 1 aromatic carbocycles. The van der Waals surface area contributed by atoms with Gasteiger partial charge in [0, 0.05) is 18.1 Å². The Labute approximate surface area is 107 Å². The first-order chi connectivity index (χ1) is 8.79. The highest BCUT2D eigenvalue weighted by molar-refractivity contribution is 6.13. The van der Waals surface area contributed by atoms with Gasteiger partial charge in [0.1, 0.15) is 17.5 Å². The fraction of sp³-hybridized carbons (Fsp3) is 0.385. The lowest BCUT2D eigenvalue weighted by Gasteiger charge is -2.12. The van der Waals surface area contributed by atoms with Gasteiger partial charge in [-0.15, -0.1) is 0 Å². The monoisotopic (exact) mass is 276 g/mol. The van der Waals surface area contributed by atoms with E-state index in [1.807, 2.05) is 0 Å². The second kappa shape index (κ2) is 5.95. The highest BCUT2D eigenvalue weighted by atomic mass is 19.2. The maximum Gasteiger partial charge on any atom is 0.221 e. The molecular weight excluding hydrogens is 264 g/mol. The molecule has 2 unspecified atom stereocenters. The van der Waals surface area contributed by atoms with Crippen molar-refractivity contribution < 1.29 is 27.2 Å². The molecular formula is C13H12F4O2. The lowest BCUT2D eigenvalue weighted by molar-refractivity contribution is -0.125. The van der Waals surface area contributed by atoms with Gasteiger partial charge in [-0.2, -0.15) is 0 Å². The summed E-state index contributed by atoms with van der Waals surface area (Å²) in [5, 5.41) is 0. The number of ketones is 2. The number of rotatable bonds is 5. The number of alkyl halides is 1. The Bertz CT molecular complexity index is 490. The van der Waals surface area contributed by atoms with Crippen molar-refractivity contribution >= 4 is 11.6 Å². The average Bonchev–Trinajstić information content (AvgIpc) is 2.34. The Hall–Kier alpha value is -1.72. The fourth-order valence-electron chi connectivity index (χ4n) is 1.48. The summed E-state index contributed by atoms with van der Waals surface area (Å²) >= 11 is 0. The molecule has 2 atom stereocenters. The van der Waals surface area contributed by atoms with Gasteiger partial charge in [0.05, 0.1) is 5.56 Å². The van der Waals surface area contributed by atoms with Crippen LogP contribution in [0.25, 0.3) is 0 Å². The second-order valence-electron chi connectivity index (χ2n) is 4.18. The number of benzene rings is 1. The normalized spacial score (nSPS) is 14.0. The predicted molar refractivity (Wildman–Crippen MR) is 60.0 cm³/mol. The van der Waals surface area contributed by atoms with Crippen molar-refractivity contribution in [2.45, 2.75) is 26.4 Å². The van der Waals surface area contributed by atoms with Gasteiger partial charge in [0.2, 0.25) is 12.0 Å². The van der Waals surface area contributed by atoms with Crippen molar-refractivity contribution in [2.24, 2.45) is 5.92 Å². The maximum absolute atomic E-state index is 13.6. The Morgan fingerprint density at radius 3 is 2.05 bits per heavy atom. The fourth-order valence-corrected chi connectivity index (χ4v) is 1.48. The molecule has 0 heterocycles. The van der Waals surface area contributed by atoms with Gasteiger partial charge in [-0.25, -0.2) is 17.6 Å². The van der Waals surface area contributed by atoms with Crippen molar-refractivity contribution in [1.29, 1.82) is 0 Å². The third kappa shape index (κ3) is 3.19. The number of carbonyl (C=O) groups excluding carboxylic acids is 2. The number of halogens is 4. The average molecular weight is 276 g/mol. The molecule has 0 aliphatic carbocycles. The summed E-state index contributed by atoms with van der Waals surface area (Å²) in [6.07, 6.45) is -2.36. The van der Waals surface area contributed by atoms with Crippen LogP contribution >= 0.6 is 0 Å². The molecule has 0 radical (unpaired) electrons. The van der Waals surface area contributed by atoms with Crippen molar-refractivity contribution in [3.8, 4) is 0 Å². The molecule has 0 fully saturated rings. The standard InChI is InChI=1S/C13H12F4O2/c1-3-6(2)12(18)11(17)13(19)10-8(15)4-7(14)5-9(10)16/h4-6,11H,3H2,1-2H3. The minimum atomic E-state index is -2.65. The number of hydrogen-bond acceptors (Lipinski definition) is 2. The lowest BCUT2D eigenvalue weighted by Crippen LogP contribution is -2.31. The van der Waals surface area contributed by atoms with Crippen LogP contribution in [0.1, 0.15) is 30.6 Å². The predicted octanol–water partition coefficient (Wildman–Crippen LogP) is 3.24. The van der Waals surface area contributed by atoms with Crippen molar-refractivity contribution in [1.82, 2.24) is 0 Å². The highest BCUT2D eigenvalue weighted by Gasteiger charge is 2.33. The van der Waals surface area contributed by atoms with Gasteiger partial charge in [-0.3, -0.25) is 9.59 Å². The number of hydrogen-bond donors (Lipinski definition) is 0. The topological polar surface area (TPSA) is 34.1 Å². The SMILES string of the molecule is CCC(C)C(=O)C(F)C(=O)c1c(F)cc(F)cc1F. The molecule has 0 saturated carbocycles. The van der Waals surface area contributed by atoms with E-state index in [2.05, 4.69) is 0 Å². The minimum absolute atomic E-state index is 0.261. The molecule has 2 nitrogen and oxygen atoms in total. The Kier molecular flexibility index (Phi) is 4.80. The molecule has 0 spiro atoms. The van der Waals surface area contributed by atoms with Gasteiger partial charge in [-0.05, 0) is 6.42 Å². The van der Waals surface area contributed by atoms with Gasteiger partial charge >= 0.3 is 0 Å². The van der Waals surface area contributed by atoms with E-state index < -0.39 is 46.7 Å². The second-order valence-corrected chi connectivity index (χ2v) is 4.18.